The number of hydrogen-bond donors (Lipinski definition) is 4. The van der Waals surface area contributed by atoms with Crippen LogP contribution in [0.5, 0.6) is 0 Å². The molecule has 4 N–H and O–H groups in total. The molecule has 6 aromatic carbocycles. The molecule has 0 radical (unpaired) electrons. The molecule has 0 atom stereocenters. The Labute approximate surface area is 415 Å². The number of benzene rings is 6. The lowest BCUT2D eigenvalue weighted by Crippen LogP contribution is -3.00. The van der Waals surface area contributed by atoms with E-state index in [-0.39, 0.29) is 66.7 Å². The van der Waals surface area contributed by atoms with E-state index in [1.807, 2.05) is 54.6 Å². The Kier molecular flexibility index (Phi) is 22.7. The minimum atomic E-state index is -2.01. The van der Waals surface area contributed by atoms with E-state index in [1.54, 1.807) is 0 Å². The Morgan fingerprint density at radius 3 is 0.971 bits per heavy atom. The Balaban J connectivity index is 0.00000864. The minimum Gasteiger partial charge on any atom is -1.00 e. The summed E-state index contributed by atoms with van der Waals surface area (Å²) in [5.74, 6) is -0.648. The highest BCUT2D eigenvalue weighted by Crippen LogP contribution is 2.56. The maximum atomic E-state index is 14.2. The third-order valence-electron chi connectivity index (χ3n) is 12.4. The molecule has 4 amide bonds. The van der Waals surface area contributed by atoms with Crippen molar-refractivity contribution >= 4 is 46.8 Å². The Bertz CT molecular complexity index is 2130. The summed E-state index contributed by atoms with van der Waals surface area (Å²) in [6.07, 6.45) is 8.81. The lowest BCUT2D eigenvalue weighted by atomic mass is 9.97. The number of nitrogens with one attached hydrogen (secondary N) is 4. The second kappa shape index (κ2) is 29.1. The highest BCUT2D eigenvalue weighted by Gasteiger charge is 2.44. The summed E-state index contributed by atoms with van der Waals surface area (Å²) in [7, 11) is -2.01. The molecule has 0 spiro atoms. The van der Waals surface area contributed by atoms with Crippen molar-refractivity contribution in [2.24, 2.45) is 0 Å². The summed E-state index contributed by atoms with van der Waals surface area (Å²) in [4.78, 5) is 54.5. The lowest BCUT2D eigenvalue weighted by Gasteiger charge is -2.35. The zero-order valence-corrected chi connectivity index (χ0v) is 41.8. The van der Waals surface area contributed by atoms with Crippen LogP contribution in [-0.2, 0) is 38.4 Å². The van der Waals surface area contributed by atoms with Crippen molar-refractivity contribution in [1.29, 1.82) is 0 Å². The third-order valence-corrected chi connectivity index (χ3v) is 16.9. The van der Waals surface area contributed by atoms with Crippen molar-refractivity contribution in [3.8, 4) is 0 Å². The first-order chi connectivity index (χ1) is 32.8. The van der Waals surface area contributed by atoms with E-state index in [0.717, 1.165) is 55.0 Å². The summed E-state index contributed by atoms with van der Waals surface area (Å²) in [5.41, 5.74) is 2.31. The Morgan fingerprint density at radius 1 is 0.353 bits per heavy atom. The van der Waals surface area contributed by atoms with Crippen LogP contribution in [-0.4, -0.2) is 55.0 Å². The van der Waals surface area contributed by atoms with Crippen LogP contribution in [0, 0.1) is 0 Å². The van der Waals surface area contributed by atoms with E-state index in [1.165, 1.54) is 15.9 Å². The van der Waals surface area contributed by atoms with Gasteiger partial charge in [-0.3, -0.25) is 19.2 Å². The molecule has 0 saturated carbocycles. The smallest absolute Gasteiger partial charge is 0.220 e. The number of carbonyl (C=O) groups excluding carboxylic acids is 4. The topological polar surface area (TPSA) is 116 Å². The van der Waals surface area contributed by atoms with Crippen LogP contribution in [0.4, 0.5) is 0 Å². The summed E-state index contributed by atoms with van der Waals surface area (Å²) in [6, 6.07) is 62.7. The fourth-order valence-corrected chi connectivity index (χ4v) is 13.1. The molecule has 0 fully saturated rings. The molecule has 0 unspecified atom stereocenters. The molecule has 6 aromatic rings. The molecule has 356 valence electrons. The molecular weight excluding hydrogens is 928 g/mol. The molecule has 0 heterocycles. The van der Waals surface area contributed by atoms with Crippen LogP contribution in [0.25, 0.3) is 0 Å². The molecule has 0 aliphatic heterocycles. The van der Waals surface area contributed by atoms with Crippen molar-refractivity contribution in [3.63, 3.8) is 0 Å². The molecule has 68 heavy (non-hydrogen) atoms. The van der Waals surface area contributed by atoms with Crippen LogP contribution < -0.4 is 54.2 Å². The molecule has 8 nitrogen and oxygen atoms in total. The number of rotatable bonds is 28. The highest BCUT2D eigenvalue weighted by atomic mass is 79.9. The van der Waals surface area contributed by atoms with Crippen molar-refractivity contribution in [2.75, 3.05) is 25.8 Å². The van der Waals surface area contributed by atoms with Crippen LogP contribution in [0.2, 0.25) is 0 Å². The summed E-state index contributed by atoms with van der Waals surface area (Å²) in [6.45, 7) is 0.112. The highest BCUT2D eigenvalue weighted by molar-refractivity contribution is 7.95. The van der Waals surface area contributed by atoms with Gasteiger partial charge in [-0.1, -0.05) is 146 Å². The van der Waals surface area contributed by atoms with Gasteiger partial charge in [-0.2, -0.15) is 0 Å². The average molecular weight is 996 g/mol. The second-order valence-electron chi connectivity index (χ2n) is 17.5. The third kappa shape index (κ3) is 17.3. The number of unbranched alkanes of at least 4 members (excludes halogenated alkanes) is 2. The average Bonchev–Trinajstić information content (AvgIpc) is 3.37. The predicted molar refractivity (Wildman–Crippen MR) is 277 cm³/mol. The van der Waals surface area contributed by atoms with Crippen LogP contribution in [0.3, 0.4) is 0 Å². The predicted octanol–water partition coefficient (Wildman–Crippen LogP) is 5.82. The molecular formula is C58H68BrN4O4P. The van der Waals surface area contributed by atoms with Crippen molar-refractivity contribution in [1.82, 2.24) is 21.3 Å². The van der Waals surface area contributed by atoms with E-state index in [9.17, 15) is 19.2 Å². The quantitative estimate of drug-likeness (QED) is 0.0367. The normalized spacial score (nSPS) is 11.2. The molecule has 10 heteroatoms. The van der Waals surface area contributed by atoms with Gasteiger partial charge in [0.1, 0.15) is 23.2 Å². The Morgan fingerprint density at radius 2 is 0.647 bits per heavy atom. The zero-order chi connectivity index (χ0) is 46.8. The maximum Gasteiger partial charge on any atom is 0.220 e. The summed E-state index contributed by atoms with van der Waals surface area (Å²) in [5, 5.41) is 16.5. The van der Waals surface area contributed by atoms with Gasteiger partial charge in [-0.25, -0.2) is 0 Å². The number of halogens is 1. The SMILES string of the molecule is O=C(CCCc1ccccc1)NCC(CNC(=O)CCCc1ccccc1)(CNC(=O)CCCc1ccccc1)NC(=O)CCCCC[P+](c1ccccc1)(c1ccccc1)c1ccccc1.[Br-]. The van der Waals surface area contributed by atoms with Gasteiger partial charge in [0.25, 0.3) is 0 Å². The zero-order valence-electron chi connectivity index (χ0n) is 39.3. The van der Waals surface area contributed by atoms with Crippen LogP contribution in [0.15, 0.2) is 182 Å². The number of aryl methyl sites for hydroxylation is 3. The van der Waals surface area contributed by atoms with Gasteiger partial charge in [0, 0.05) is 45.3 Å². The molecule has 0 bridgehead atoms. The molecule has 0 aliphatic carbocycles. The van der Waals surface area contributed by atoms with Crippen molar-refractivity contribution in [2.45, 2.75) is 89.0 Å². The van der Waals surface area contributed by atoms with Gasteiger partial charge < -0.3 is 38.2 Å². The van der Waals surface area contributed by atoms with E-state index >= 15 is 0 Å². The van der Waals surface area contributed by atoms with Crippen molar-refractivity contribution < 1.29 is 36.2 Å². The van der Waals surface area contributed by atoms with E-state index < -0.39 is 12.8 Å². The fraction of sp³-hybridized carbons (Fsp3) is 0.310. The largest absolute Gasteiger partial charge is 1.00 e. The molecule has 6 rings (SSSR count). The number of carbonyl (C=O) groups is 4. The van der Waals surface area contributed by atoms with Gasteiger partial charge >= 0.3 is 0 Å². The van der Waals surface area contributed by atoms with Crippen molar-refractivity contribution in [3.05, 3.63) is 199 Å². The first-order valence-corrected chi connectivity index (χ1v) is 26.1. The van der Waals surface area contributed by atoms with E-state index in [0.29, 0.717) is 44.9 Å². The van der Waals surface area contributed by atoms with E-state index in [4.69, 9.17) is 0 Å². The minimum absolute atomic E-state index is 0. The van der Waals surface area contributed by atoms with E-state index in [2.05, 4.69) is 149 Å². The van der Waals surface area contributed by atoms with Gasteiger partial charge in [0.15, 0.2) is 0 Å². The fourth-order valence-electron chi connectivity index (χ4n) is 8.73. The second-order valence-corrected chi connectivity index (χ2v) is 21.1. The van der Waals surface area contributed by atoms with Gasteiger partial charge in [0.2, 0.25) is 23.6 Å². The first kappa shape index (κ1) is 53.1. The summed E-state index contributed by atoms with van der Waals surface area (Å²) >= 11 is 0. The van der Waals surface area contributed by atoms with Gasteiger partial charge in [0.05, 0.1) is 11.7 Å². The summed E-state index contributed by atoms with van der Waals surface area (Å²) < 4.78 is 0. The van der Waals surface area contributed by atoms with Gasteiger partial charge in [-0.15, -0.1) is 0 Å². The van der Waals surface area contributed by atoms with Gasteiger partial charge in [-0.05, 0) is 111 Å². The molecule has 0 aliphatic rings. The monoisotopic (exact) mass is 994 g/mol. The van der Waals surface area contributed by atoms with Crippen LogP contribution in [0.1, 0.15) is 80.9 Å². The Hall–Kier alpha value is -5.89. The number of amides is 4. The number of hydrogen-bond acceptors (Lipinski definition) is 4. The maximum absolute atomic E-state index is 14.2. The van der Waals surface area contributed by atoms with Crippen LogP contribution >= 0.6 is 7.26 Å². The first-order valence-electron chi connectivity index (χ1n) is 24.1. The lowest BCUT2D eigenvalue weighted by molar-refractivity contribution is -0.126. The standard InChI is InChI=1S/C58H67N4O4P.BrH/c63-54(41-22-31-48-25-8-1-9-26-48)59-45-58(46-60-55(64)42-23-32-49-27-10-2-11-28-49,47-61-56(65)43-24-33-50-29-12-3-13-30-50)62-57(66)40-20-7-21-44-67(51-34-14-4-15-35-51,52-36-16-5-17-37-52)53-38-18-6-19-39-53;/h1-6,8-19,25-30,34-39H,7,20-24,31-33,40-47H2,(H3-,59,60,61,62,63,64,65,66);1H. The molecule has 0 aromatic heterocycles. The molecule has 0 saturated heterocycles.